The van der Waals surface area contributed by atoms with Gasteiger partial charge < -0.3 is 5.48 Å². The van der Waals surface area contributed by atoms with Crippen LogP contribution in [0.3, 0.4) is 0 Å². The molecule has 0 heterocycles. The Kier molecular flexibility index (Phi) is 100. The van der Waals surface area contributed by atoms with Crippen LogP contribution in [0.1, 0.15) is 0 Å². The van der Waals surface area contributed by atoms with Gasteiger partial charge in [-0.05, 0) is 0 Å². The van der Waals surface area contributed by atoms with E-state index in [1.54, 1.807) is 0 Å². The molecule has 1 nitrogen and oxygen atoms in total. The van der Waals surface area contributed by atoms with E-state index in [1.807, 2.05) is 0 Å². The number of hydrogen-bond donors (Lipinski definition) is 0. The largest absolute Gasteiger partial charge is 0 e. The molecule has 0 saturated heterocycles. The van der Waals surface area contributed by atoms with Crippen molar-refractivity contribution in [2.75, 3.05) is 0 Å². The van der Waals surface area contributed by atoms with Gasteiger partial charge in [0.2, 0.25) is 0 Å². The van der Waals surface area contributed by atoms with Crippen molar-refractivity contribution in [3.05, 3.63) is 0 Å². The molecule has 0 aliphatic heterocycles. The zero-order chi connectivity index (χ0) is 0. The molecule has 0 unspecified atom stereocenters. The normalized spacial score (nSPS) is 0. The van der Waals surface area contributed by atoms with E-state index in [0.29, 0.717) is 0 Å². The van der Waals surface area contributed by atoms with Crippen LogP contribution in [-0.4, -0.2) is 102 Å². The van der Waals surface area contributed by atoms with E-state index >= 15 is 0 Å². The molecule has 0 radical (unpaired) electrons. The van der Waals surface area contributed by atoms with Crippen molar-refractivity contribution >= 4 is 96.9 Å². The fourth-order valence-electron chi connectivity index (χ4n) is 0. The average molecular weight is 213 g/mol. The van der Waals surface area contributed by atoms with E-state index in [0.717, 1.165) is 0 Å². The van der Waals surface area contributed by atoms with Crippen molar-refractivity contribution in [3.8, 4) is 0 Å². The minimum atomic E-state index is 0. The van der Waals surface area contributed by atoms with Crippen LogP contribution >= 0.6 is 0 Å². The average Bonchev–Trinajstić information content (AvgIpc) is 0. The molecular formula is H5KOSrZn. The molecule has 0 atom stereocenters. The van der Waals surface area contributed by atoms with Gasteiger partial charge in [-0.3, -0.25) is 0 Å². The molecule has 4 heteroatoms. The first-order chi connectivity index (χ1) is 0. The zero-order valence-corrected chi connectivity index (χ0v) is 4.17. The van der Waals surface area contributed by atoms with Crippen molar-refractivity contribution in [1.82, 2.24) is 0 Å². The van der Waals surface area contributed by atoms with Crippen molar-refractivity contribution < 1.29 is 25.0 Å². The van der Waals surface area contributed by atoms with Crippen LogP contribution in [0.25, 0.3) is 0 Å². The summed E-state index contributed by atoms with van der Waals surface area (Å²) in [4.78, 5) is 0. The Balaban J connectivity index is 0. The van der Waals surface area contributed by atoms with Gasteiger partial charge in [-0.15, -0.1) is 0 Å². The van der Waals surface area contributed by atoms with Gasteiger partial charge in [-0.25, -0.2) is 0 Å². The fourth-order valence-corrected chi connectivity index (χ4v) is 0. The summed E-state index contributed by atoms with van der Waals surface area (Å²) >= 11 is 0. The van der Waals surface area contributed by atoms with Crippen LogP contribution in [0.15, 0.2) is 0 Å². The third-order valence-electron chi connectivity index (χ3n) is 0. The Morgan fingerprint density at radius 1 is 1.00 bits per heavy atom. The standard InChI is InChI=1S/K.H2O.Sr.Zn.3H/h;1H2;;;;;. The first kappa shape index (κ1) is 25.2. The maximum atomic E-state index is 0. The minimum absolute atomic E-state index is 0. The summed E-state index contributed by atoms with van der Waals surface area (Å²) in [7, 11) is 0. The Morgan fingerprint density at radius 3 is 1.00 bits per heavy atom. The Morgan fingerprint density at radius 2 is 1.00 bits per heavy atom. The summed E-state index contributed by atoms with van der Waals surface area (Å²) in [6.07, 6.45) is 0. The molecule has 16 valence electrons. The second-order valence-corrected chi connectivity index (χ2v) is 0. The molecular weight excluding hydrogens is 208 g/mol. The van der Waals surface area contributed by atoms with Gasteiger partial charge in [0, 0.05) is 19.5 Å². The minimum Gasteiger partial charge on any atom is 0 e. The SMILES string of the molecule is O.[KH].[SrH2].[Zn]. The monoisotopic (exact) mass is 212 g/mol. The van der Waals surface area contributed by atoms with Crippen LogP contribution in [0.4, 0.5) is 0 Å². The van der Waals surface area contributed by atoms with E-state index in [9.17, 15) is 0 Å². The molecule has 0 saturated carbocycles. The molecule has 0 fully saturated rings. The molecule has 0 rings (SSSR count). The van der Waals surface area contributed by atoms with Crippen LogP contribution in [0.5, 0.6) is 0 Å². The van der Waals surface area contributed by atoms with Gasteiger partial charge in [0.05, 0.1) is 0 Å². The summed E-state index contributed by atoms with van der Waals surface area (Å²) in [6.45, 7) is 0. The van der Waals surface area contributed by atoms with E-state index in [4.69, 9.17) is 0 Å². The zero-order valence-electron chi connectivity index (χ0n) is 1.21. The summed E-state index contributed by atoms with van der Waals surface area (Å²) in [6, 6.07) is 0. The third kappa shape index (κ3) is 9.20. The van der Waals surface area contributed by atoms with Crippen LogP contribution < -0.4 is 0 Å². The fraction of sp³-hybridized carbons (Fsp3) is 0. The molecule has 0 amide bonds. The predicted molar refractivity (Wildman–Crippen MR) is 19.3 cm³/mol. The summed E-state index contributed by atoms with van der Waals surface area (Å²) in [5, 5.41) is 0. The van der Waals surface area contributed by atoms with Gasteiger partial charge in [-0.2, -0.15) is 0 Å². The van der Waals surface area contributed by atoms with E-state index in [2.05, 4.69) is 0 Å². The second-order valence-electron chi connectivity index (χ2n) is 0. The van der Waals surface area contributed by atoms with E-state index in [1.165, 1.54) is 0 Å². The molecule has 0 aromatic carbocycles. The third-order valence-corrected chi connectivity index (χ3v) is 0. The molecule has 0 aromatic rings. The Hall–Kier alpha value is 3.70. The van der Waals surface area contributed by atoms with Crippen molar-refractivity contribution in [3.63, 3.8) is 0 Å². The molecule has 0 aromatic heterocycles. The predicted octanol–water partition coefficient (Wildman–Crippen LogP) is -2.39. The summed E-state index contributed by atoms with van der Waals surface area (Å²) in [5.74, 6) is 0. The molecule has 4 heavy (non-hydrogen) atoms. The summed E-state index contributed by atoms with van der Waals surface area (Å²) < 4.78 is 0. The molecule has 0 aliphatic carbocycles. The van der Waals surface area contributed by atoms with Crippen LogP contribution in [-0.2, 0) is 19.5 Å². The quantitative estimate of drug-likeness (QED) is 0.402. The topological polar surface area (TPSA) is 31.5 Å². The number of rotatable bonds is 0. The van der Waals surface area contributed by atoms with Crippen LogP contribution in [0.2, 0.25) is 0 Å². The van der Waals surface area contributed by atoms with Gasteiger partial charge in [0.15, 0.2) is 0 Å². The van der Waals surface area contributed by atoms with E-state index in [-0.39, 0.29) is 122 Å². The van der Waals surface area contributed by atoms with Crippen molar-refractivity contribution in [2.45, 2.75) is 0 Å². The second kappa shape index (κ2) is 15.9. The molecule has 2 N–H and O–H groups in total. The first-order valence-corrected chi connectivity index (χ1v) is 0. The van der Waals surface area contributed by atoms with Gasteiger partial charge in [0.25, 0.3) is 0 Å². The first-order valence-electron chi connectivity index (χ1n) is 0. The summed E-state index contributed by atoms with van der Waals surface area (Å²) in [5.41, 5.74) is 0. The maximum Gasteiger partial charge on any atom is 0 e. The van der Waals surface area contributed by atoms with E-state index < -0.39 is 0 Å². The molecule has 0 spiro atoms. The van der Waals surface area contributed by atoms with Gasteiger partial charge in [0.1, 0.15) is 0 Å². The van der Waals surface area contributed by atoms with Gasteiger partial charge in [-0.1, -0.05) is 0 Å². The Labute approximate surface area is 118 Å². The maximum absolute atomic E-state index is 0. The van der Waals surface area contributed by atoms with Crippen LogP contribution in [0, 0.1) is 0 Å². The van der Waals surface area contributed by atoms with Crippen molar-refractivity contribution in [1.29, 1.82) is 0 Å². The molecule has 0 aliphatic rings. The number of hydrogen-bond acceptors (Lipinski definition) is 0. The van der Waals surface area contributed by atoms with Crippen molar-refractivity contribution in [2.24, 2.45) is 0 Å². The van der Waals surface area contributed by atoms with Gasteiger partial charge >= 0.3 is 96.9 Å². The smallest absolute Gasteiger partial charge is 0 e. The Bertz CT molecular complexity index is 8.00. The molecule has 0 bridgehead atoms.